The molecule has 2 rings (SSSR count). The van der Waals surface area contributed by atoms with Gasteiger partial charge in [-0.2, -0.15) is 0 Å². The number of halogens is 2. The normalized spacial score (nSPS) is 10.3. The summed E-state index contributed by atoms with van der Waals surface area (Å²) in [5.41, 5.74) is 1.65. The lowest BCUT2D eigenvalue weighted by Crippen LogP contribution is -2.08. The summed E-state index contributed by atoms with van der Waals surface area (Å²) in [5, 5.41) is 0.588. The van der Waals surface area contributed by atoms with Gasteiger partial charge in [-0.3, -0.25) is 0 Å². The van der Waals surface area contributed by atoms with Crippen LogP contribution in [-0.4, -0.2) is 5.97 Å². The van der Waals surface area contributed by atoms with Crippen molar-refractivity contribution in [1.29, 1.82) is 0 Å². The molecule has 0 N–H and O–H groups in total. The molecule has 0 saturated carbocycles. The predicted octanol–water partition coefficient (Wildman–Crippen LogP) is 4.88. The number of hydrogen-bond acceptors (Lipinski definition) is 2. The average Bonchev–Trinajstić information content (AvgIpc) is 2.41. The van der Waals surface area contributed by atoms with Crippen molar-refractivity contribution < 1.29 is 9.53 Å². The molecule has 0 spiro atoms. The number of esters is 1. The first-order chi connectivity index (χ1) is 9.10. The van der Waals surface area contributed by atoms with E-state index in [1.165, 1.54) is 5.56 Å². The van der Waals surface area contributed by atoms with Gasteiger partial charge in [0.1, 0.15) is 5.75 Å². The van der Waals surface area contributed by atoms with Crippen molar-refractivity contribution in [3.05, 3.63) is 63.1 Å². The maximum absolute atomic E-state index is 11.9. The molecule has 0 atom stereocenters. The lowest BCUT2D eigenvalue weighted by molar-refractivity contribution is 0.0733. The van der Waals surface area contributed by atoms with Crippen molar-refractivity contribution in [2.24, 2.45) is 0 Å². The number of aryl methyl sites for hydroxylation is 1. The third-order valence-corrected chi connectivity index (χ3v) is 3.56. The first-order valence-electron chi connectivity index (χ1n) is 5.86. The number of carbonyl (C=O) groups excluding carboxylic acids is 1. The van der Waals surface area contributed by atoms with Gasteiger partial charge >= 0.3 is 5.97 Å². The van der Waals surface area contributed by atoms with Gasteiger partial charge in [0, 0.05) is 5.02 Å². The molecule has 0 aromatic heterocycles. The summed E-state index contributed by atoms with van der Waals surface area (Å²) in [4.78, 5) is 11.9. The molecule has 98 valence electrons. The van der Waals surface area contributed by atoms with E-state index >= 15 is 0 Å². The maximum Gasteiger partial charge on any atom is 0.343 e. The second-order valence-electron chi connectivity index (χ2n) is 4.01. The van der Waals surface area contributed by atoms with Crippen molar-refractivity contribution in [2.45, 2.75) is 13.3 Å². The standard InChI is InChI=1S/C15H12BrClO2/c1-2-10-3-8-14(13(16)9-10)19-15(18)11-4-6-12(17)7-5-11/h3-9H,2H2,1H3. The molecule has 0 aliphatic heterocycles. The van der Waals surface area contributed by atoms with E-state index in [-0.39, 0.29) is 0 Å². The second kappa shape index (κ2) is 6.22. The van der Waals surface area contributed by atoms with Crippen LogP contribution in [0.25, 0.3) is 0 Å². The Bertz CT molecular complexity index is 594. The highest BCUT2D eigenvalue weighted by Crippen LogP contribution is 2.27. The number of hydrogen-bond donors (Lipinski definition) is 0. The van der Waals surface area contributed by atoms with Crippen LogP contribution in [0.15, 0.2) is 46.9 Å². The molecule has 4 heteroatoms. The van der Waals surface area contributed by atoms with E-state index in [0.29, 0.717) is 16.3 Å². The number of rotatable bonds is 3. The third-order valence-electron chi connectivity index (χ3n) is 2.69. The van der Waals surface area contributed by atoms with Crippen molar-refractivity contribution in [1.82, 2.24) is 0 Å². The molecule has 0 heterocycles. The van der Waals surface area contributed by atoms with E-state index in [9.17, 15) is 4.79 Å². The van der Waals surface area contributed by atoms with Crippen molar-refractivity contribution in [3.8, 4) is 5.75 Å². The zero-order valence-corrected chi connectivity index (χ0v) is 12.7. The van der Waals surface area contributed by atoms with Crippen LogP contribution in [0, 0.1) is 0 Å². The lowest BCUT2D eigenvalue weighted by atomic mass is 10.2. The molecule has 0 aliphatic rings. The van der Waals surface area contributed by atoms with E-state index in [0.717, 1.165) is 10.9 Å². The first kappa shape index (κ1) is 14.1. The molecule has 19 heavy (non-hydrogen) atoms. The van der Waals surface area contributed by atoms with Crippen LogP contribution in [0.1, 0.15) is 22.8 Å². The van der Waals surface area contributed by atoms with Gasteiger partial charge in [-0.25, -0.2) is 4.79 Å². The monoisotopic (exact) mass is 338 g/mol. The quantitative estimate of drug-likeness (QED) is 0.588. The Morgan fingerprint density at radius 3 is 2.47 bits per heavy atom. The SMILES string of the molecule is CCc1ccc(OC(=O)c2ccc(Cl)cc2)c(Br)c1. The summed E-state index contributed by atoms with van der Waals surface area (Å²) < 4.78 is 6.11. The summed E-state index contributed by atoms with van der Waals surface area (Å²) in [5.74, 6) is 0.110. The molecule has 2 aromatic rings. The van der Waals surface area contributed by atoms with Gasteiger partial charge in [0.25, 0.3) is 0 Å². The Balaban J connectivity index is 2.17. The summed E-state index contributed by atoms with van der Waals surface area (Å²) in [6, 6.07) is 12.3. The summed E-state index contributed by atoms with van der Waals surface area (Å²) >= 11 is 9.18. The van der Waals surface area contributed by atoms with Gasteiger partial charge in [-0.05, 0) is 64.3 Å². The van der Waals surface area contributed by atoms with Gasteiger partial charge in [0.15, 0.2) is 0 Å². The molecular weight excluding hydrogens is 328 g/mol. The minimum atomic E-state index is -0.401. The fourth-order valence-corrected chi connectivity index (χ4v) is 2.22. The summed E-state index contributed by atoms with van der Waals surface area (Å²) in [7, 11) is 0. The Labute approximate surface area is 125 Å². The summed E-state index contributed by atoms with van der Waals surface area (Å²) in [6.07, 6.45) is 0.935. The topological polar surface area (TPSA) is 26.3 Å². The van der Waals surface area contributed by atoms with Crippen LogP contribution >= 0.6 is 27.5 Å². The van der Waals surface area contributed by atoms with Gasteiger partial charge in [0.05, 0.1) is 10.0 Å². The molecule has 0 bridgehead atoms. The molecule has 0 saturated heterocycles. The lowest BCUT2D eigenvalue weighted by Gasteiger charge is -2.07. The van der Waals surface area contributed by atoms with Crippen LogP contribution in [0.2, 0.25) is 5.02 Å². The highest BCUT2D eigenvalue weighted by Gasteiger charge is 2.11. The fourth-order valence-electron chi connectivity index (χ4n) is 1.59. The van der Waals surface area contributed by atoms with Gasteiger partial charge in [-0.15, -0.1) is 0 Å². The smallest absolute Gasteiger partial charge is 0.343 e. The van der Waals surface area contributed by atoms with Crippen LogP contribution in [-0.2, 0) is 6.42 Å². The van der Waals surface area contributed by atoms with E-state index < -0.39 is 5.97 Å². The molecule has 2 nitrogen and oxygen atoms in total. The van der Waals surface area contributed by atoms with Gasteiger partial charge in [0.2, 0.25) is 0 Å². The zero-order chi connectivity index (χ0) is 13.8. The molecule has 0 unspecified atom stereocenters. The van der Waals surface area contributed by atoms with Gasteiger partial charge < -0.3 is 4.74 Å². The average molecular weight is 340 g/mol. The molecule has 0 fully saturated rings. The third kappa shape index (κ3) is 3.58. The fraction of sp³-hybridized carbons (Fsp3) is 0.133. The Hall–Kier alpha value is -1.32. The zero-order valence-electron chi connectivity index (χ0n) is 10.3. The van der Waals surface area contributed by atoms with E-state index in [2.05, 4.69) is 22.9 Å². The van der Waals surface area contributed by atoms with Crippen molar-refractivity contribution >= 4 is 33.5 Å². The molecule has 2 aromatic carbocycles. The second-order valence-corrected chi connectivity index (χ2v) is 5.31. The van der Waals surface area contributed by atoms with Crippen LogP contribution in [0.5, 0.6) is 5.75 Å². The van der Waals surface area contributed by atoms with Crippen LogP contribution in [0.4, 0.5) is 0 Å². The minimum Gasteiger partial charge on any atom is -0.422 e. The van der Waals surface area contributed by atoms with E-state index in [1.807, 2.05) is 12.1 Å². The van der Waals surface area contributed by atoms with Crippen LogP contribution in [0.3, 0.4) is 0 Å². The number of benzene rings is 2. The highest BCUT2D eigenvalue weighted by molar-refractivity contribution is 9.10. The van der Waals surface area contributed by atoms with Crippen molar-refractivity contribution in [2.75, 3.05) is 0 Å². The molecule has 0 radical (unpaired) electrons. The largest absolute Gasteiger partial charge is 0.422 e. The predicted molar refractivity (Wildman–Crippen MR) is 79.9 cm³/mol. The summed E-state index contributed by atoms with van der Waals surface area (Å²) in [6.45, 7) is 2.07. The highest BCUT2D eigenvalue weighted by atomic mass is 79.9. The number of ether oxygens (including phenoxy) is 1. The Kier molecular flexibility index (Phi) is 4.61. The minimum absolute atomic E-state index is 0.401. The van der Waals surface area contributed by atoms with Gasteiger partial charge in [-0.1, -0.05) is 24.6 Å². The first-order valence-corrected chi connectivity index (χ1v) is 7.03. The Morgan fingerprint density at radius 1 is 1.21 bits per heavy atom. The number of carbonyl (C=O) groups is 1. The van der Waals surface area contributed by atoms with E-state index in [1.54, 1.807) is 30.3 Å². The molecular formula is C15H12BrClO2. The Morgan fingerprint density at radius 2 is 1.89 bits per heavy atom. The molecule has 0 aliphatic carbocycles. The maximum atomic E-state index is 11.9. The molecule has 0 amide bonds. The van der Waals surface area contributed by atoms with E-state index in [4.69, 9.17) is 16.3 Å². The van der Waals surface area contributed by atoms with Crippen molar-refractivity contribution in [3.63, 3.8) is 0 Å². The van der Waals surface area contributed by atoms with Crippen LogP contribution < -0.4 is 4.74 Å².